The van der Waals surface area contributed by atoms with E-state index in [4.69, 9.17) is 15.6 Å². The maximum absolute atomic E-state index is 13.2. The quantitative estimate of drug-likeness (QED) is 0.484. The average molecular weight is 562 g/mol. The molecule has 2 aliphatic heterocycles. The van der Waals surface area contributed by atoms with Gasteiger partial charge in [0.05, 0.1) is 0 Å². The largest absolute Gasteiger partial charge is 0.490 e. The van der Waals surface area contributed by atoms with Gasteiger partial charge in [-0.2, -0.15) is 13.2 Å². The van der Waals surface area contributed by atoms with Crippen molar-refractivity contribution in [3.8, 4) is 0 Å². The van der Waals surface area contributed by atoms with Gasteiger partial charge in [-0.15, -0.1) is 0 Å². The Bertz CT molecular complexity index is 1170. The van der Waals surface area contributed by atoms with Gasteiger partial charge in [0.2, 0.25) is 11.8 Å². The molecule has 40 heavy (non-hydrogen) atoms. The molecular weight excluding hydrogens is 523 g/mol. The van der Waals surface area contributed by atoms with E-state index in [1.807, 2.05) is 56.0 Å². The van der Waals surface area contributed by atoms with Gasteiger partial charge >= 0.3 is 12.1 Å². The Morgan fingerprint density at radius 1 is 0.975 bits per heavy atom. The van der Waals surface area contributed by atoms with Crippen LogP contribution in [0.25, 0.3) is 0 Å². The van der Waals surface area contributed by atoms with E-state index < -0.39 is 17.6 Å². The third-order valence-corrected chi connectivity index (χ3v) is 7.54. The molecule has 2 amide bonds. The number of aliphatic carboxylic acids is 1. The lowest BCUT2D eigenvalue weighted by molar-refractivity contribution is -0.192. The first kappa shape index (κ1) is 31.1. The molecule has 0 saturated carbocycles. The fourth-order valence-corrected chi connectivity index (χ4v) is 5.62. The number of alkyl halides is 3. The maximum Gasteiger partial charge on any atom is 0.490 e. The predicted molar refractivity (Wildman–Crippen MR) is 145 cm³/mol. The van der Waals surface area contributed by atoms with E-state index in [2.05, 4.69) is 23.1 Å². The van der Waals surface area contributed by atoms with Crippen molar-refractivity contribution in [2.75, 3.05) is 13.1 Å². The van der Waals surface area contributed by atoms with Crippen LogP contribution in [0.1, 0.15) is 73.9 Å². The predicted octanol–water partition coefficient (Wildman–Crippen LogP) is 5.20. The molecule has 2 aromatic rings. The molecule has 2 saturated heterocycles. The van der Waals surface area contributed by atoms with E-state index in [-0.39, 0.29) is 11.8 Å². The van der Waals surface area contributed by atoms with Gasteiger partial charge in [0.25, 0.3) is 0 Å². The second-order valence-corrected chi connectivity index (χ2v) is 11.5. The Hall–Kier alpha value is -3.40. The number of carbonyl (C=O) groups is 3. The summed E-state index contributed by atoms with van der Waals surface area (Å²) >= 11 is 0. The first-order valence-corrected chi connectivity index (χ1v) is 13.5. The second-order valence-electron chi connectivity index (χ2n) is 11.5. The number of carboxylic acids is 1. The van der Waals surface area contributed by atoms with Crippen molar-refractivity contribution in [3.63, 3.8) is 0 Å². The number of benzene rings is 2. The van der Waals surface area contributed by atoms with Crippen LogP contribution in [-0.2, 0) is 16.1 Å². The van der Waals surface area contributed by atoms with Gasteiger partial charge in [-0.05, 0) is 54.9 Å². The van der Waals surface area contributed by atoms with E-state index in [1.165, 1.54) is 24.0 Å². The number of nitrogens with zero attached hydrogens (tertiary/aromatic N) is 2. The van der Waals surface area contributed by atoms with E-state index in [0.29, 0.717) is 30.1 Å². The lowest BCUT2D eigenvalue weighted by atomic mass is 9.84. The van der Waals surface area contributed by atoms with Crippen LogP contribution in [0.4, 0.5) is 13.2 Å². The molecule has 3 N–H and O–H groups in total. The highest BCUT2D eigenvalue weighted by molar-refractivity contribution is 5.92. The standard InChI is InChI=1S/C28H37N3O2.C2HF3O2/c1-28(2,3)27(33)30(19-20-8-5-4-6-9-20)14-15-31-24-12-13-25(31)18-23(17-24)21-10-7-11-22(16-21)26(29)32;3-2(4,5)1(6)7/h4-11,16,23-25H,12-15,17-19H2,1-3H3,(H2,29,32);(H,6,7)/t23?,24-,25+;. The maximum atomic E-state index is 13.2. The summed E-state index contributed by atoms with van der Waals surface area (Å²) < 4.78 is 31.7. The summed E-state index contributed by atoms with van der Waals surface area (Å²) in [4.78, 5) is 38.4. The number of carbonyl (C=O) groups excluding carboxylic acids is 2. The Labute approximate surface area is 233 Å². The van der Waals surface area contributed by atoms with Crippen molar-refractivity contribution in [1.82, 2.24) is 9.80 Å². The summed E-state index contributed by atoms with van der Waals surface area (Å²) in [6.07, 6.45) is -0.458. The normalized spacial score (nSPS) is 20.8. The highest BCUT2D eigenvalue weighted by Gasteiger charge is 2.41. The fourth-order valence-electron chi connectivity index (χ4n) is 5.62. The number of fused-ring (bicyclic) bond motifs is 2. The molecule has 3 atom stereocenters. The van der Waals surface area contributed by atoms with Crippen molar-refractivity contribution in [2.24, 2.45) is 11.1 Å². The Morgan fingerprint density at radius 2 is 1.55 bits per heavy atom. The molecule has 2 fully saturated rings. The van der Waals surface area contributed by atoms with Crippen molar-refractivity contribution >= 4 is 17.8 Å². The molecule has 0 radical (unpaired) electrons. The number of hydrogen-bond acceptors (Lipinski definition) is 4. The molecule has 0 aliphatic carbocycles. The first-order chi connectivity index (χ1) is 18.7. The van der Waals surface area contributed by atoms with Crippen LogP contribution in [0.5, 0.6) is 0 Å². The Kier molecular flexibility index (Phi) is 10.00. The molecule has 218 valence electrons. The van der Waals surface area contributed by atoms with Gasteiger partial charge in [0.15, 0.2) is 0 Å². The highest BCUT2D eigenvalue weighted by atomic mass is 19.4. The zero-order chi connectivity index (χ0) is 29.7. The summed E-state index contributed by atoms with van der Waals surface area (Å²) in [5, 5.41) is 7.12. The number of halogens is 3. The number of rotatable bonds is 7. The number of primary amides is 1. The Morgan fingerprint density at radius 3 is 2.05 bits per heavy atom. The molecule has 2 aromatic carbocycles. The summed E-state index contributed by atoms with van der Waals surface area (Å²) in [6.45, 7) is 8.33. The van der Waals surface area contributed by atoms with E-state index in [1.54, 1.807) is 6.07 Å². The van der Waals surface area contributed by atoms with Gasteiger partial charge in [0.1, 0.15) is 0 Å². The fraction of sp³-hybridized carbons (Fsp3) is 0.500. The van der Waals surface area contributed by atoms with Crippen LogP contribution in [0.2, 0.25) is 0 Å². The van der Waals surface area contributed by atoms with Crippen LogP contribution in [0.3, 0.4) is 0 Å². The van der Waals surface area contributed by atoms with Crippen molar-refractivity contribution in [3.05, 3.63) is 71.3 Å². The van der Waals surface area contributed by atoms with Gasteiger partial charge in [-0.25, -0.2) is 4.79 Å². The van der Waals surface area contributed by atoms with E-state index in [9.17, 15) is 22.8 Å². The van der Waals surface area contributed by atoms with Crippen molar-refractivity contribution in [2.45, 2.75) is 77.2 Å². The third kappa shape index (κ3) is 8.30. The highest BCUT2D eigenvalue weighted by Crippen LogP contribution is 2.43. The summed E-state index contributed by atoms with van der Waals surface area (Å²) in [5.41, 5.74) is 8.11. The van der Waals surface area contributed by atoms with Gasteiger partial charge in [0, 0.05) is 42.7 Å². The summed E-state index contributed by atoms with van der Waals surface area (Å²) in [7, 11) is 0. The molecule has 0 aromatic heterocycles. The molecule has 7 nitrogen and oxygen atoms in total. The molecule has 10 heteroatoms. The average Bonchev–Trinajstić information content (AvgIpc) is 3.12. The third-order valence-electron chi connectivity index (χ3n) is 7.54. The molecule has 2 bridgehead atoms. The van der Waals surface area contributed by atoms with Crippen molar-refractivity contribution in [1.29, 1.82) is 0 Å². The van der Waals surface area contributed by atoms with Gasteiger partial charge < -0.3 is 15.7 Å². The van der Waals surface area contributed by atoms with Crippen LogP contribution in [-0.4, -0.2) is 64.0 Å². The number of piperidine rings is 1. The monoisotopic (exact) mass is 561 g/mol. The van der Waals surface area contributed by atoms with E-state index in [0.717, 1.165) is 25.9 Å². The lowest BCUT2D eigenvalue weighted by Crippen LogP contribution is -2.48. The van der Waals surface area contributed by atoms with Gasteiger partial charge in [-0.1, -0.05) is 63.2 Å². The topological polar surface area (TPSA) is 104 Å². The minimum absolute atomic E-state index is 0.205. The van der Waals surface area contributed by atoms with Crippen LogP contribution >= 0.6 is 0 Å². The zero-order valence-corrected chi connectivity index (χ0v) is 23.2. The van der Waals surface area contributed by atoms with Crippen LogP contribution in [0.15, 0.2) is 54.6 Å². The SMILES string of the molecule is CC(C)(C)C(=O)N(CCN1[C@@H]2CC[C@H]1CC(c1cccc(C(N)=O)c1)C2)Cc1ccccc1.O=C(O)C(F)(F)F. The summed E-state index contributed by atoms with van der Waals surface area (Å²) in [6, 6.07) is 19.2. The minimum atomic E-state index is -5.08. The summed E-state index contributed by atoms with van der Waals surface area (Å²) in [5.74, 6) is -2.45. The van der Waals surface area contributed by atoms with Crippen molar-refractivity contribution < 1.29 is 32.7 Å². The van der Waals surface area contributed by atoms with Gasteiger partial charge in [-0.3, -0.25) is 14.5 Å². The van der Waals surface area contributed by atoms with Crippen LogP contribution in [0, 0.1) is 5.41 Å². The molecule has 0 spiro atoms. The molecule has 2 aliphatic rings. The number of carboxylic acid groups (broad SMARTS) is 1. The molecular formula is C30H38F3N3O4. The molecule has 1 unspecified atom stereocenters. The Balaban J connectivity index is 0.000000559. The van der Waals surface area contributed by atoms with Crippen LogP contribution < -0.4 is 5.73 Å². The number of hydrogen-bond donors (Lipinski definition) is 2. The first-order valence-electron chi connectivity index (χ1n) is 13.5. The lowest BCUT2D eigenvalue weighted by Gasteiger charge is -2.40. The molecule has 4 rings (SSSR count). The van der Waals surface area contributed by atoms with E-state index >= 15 is 0 Å². The smallest absolute Gasteiger partial charge is 0.475 e. The second kappa shape index (κ2) is 12.8. The zero-order valence-electron chi connectivity index (χ0n) is 23.2. The number of amides is 2. The molecule has 2 heterocycles. The number of nitrogens with two attached hydrogens (primary N) is 1. The minimum Gasteiger partial charge on any atom is -0.475 e.